The highest BCUT2D eigenvalue weighted by Gasteiger charge is 2.37. The van der Waals surface area contributed by atoms with Crippen LogP contribution in [0.5, 0.6) is 5.75 Å². The summed E-state index contributed by atoms with van der Waals surface area (Å²) in [5.41, 5.74) is 3.73. The van der Waals surface area contributed by atoms with Crippen LogP contribution >= 0.6 is 0 Å². The molecule has 0 radical (unpaired) electrons. The summed E-state index contributed by atoms with van der Waals surface area (Å²) in [4.78, 5) is 2.43. The van der Waals surface area contributed by atoms with Crippen LogP contribution in [0.25, 0.3) is 0 Å². The molecule has 0 aromatic heterocycles. The number of nitrogens with zero attached hydrogens (tertiary/aromatic N) is 1. The number of ether oxygens (including phenoxy) is 1. The number of hydrogen-bond acceptors (Lipinski definition) is 3. The molecule has 1 saturated carbocycles. The topological polar surface area (TPSA) is 24.5 Å². The van der Waals surface area contributed by atoms with Gasteiger partial charge in [0.1, 0.15) is 11.6 Å². The van der Waals surface area contributed by atoms with Gasteiger partial charge in [0.15, 0.2) is 0 Å². The number of piperidine rings is 1. The van der Waals surface area contributed by atoms with Crippen LogP contribution in [0.15, 0.2) is 42.5 Å². The minimum absolute atomic E-state index is 0.136. The van der Waals surface area contributed by atoms with Crippen molar-refractivity contribution in [1.82, 2.24) is 10.2 Å². The summed E-state index contributed by atoms with van der Waals surface area (Å²) < 4.78 is 19.3. The second-order valence-electron chi connectivity index (χ2n) is 9.26. The molecule has 0 amide bonds. The first-order valence-corrected chi connectivity index (χ1v) is 11.4. The van der Waals surface area contributed by atoms with E-state index in [0.29, 0.717) is 5.75 Å². The zero-order valence-electron chi connectivity index (χ0n) is 18.4. The van der Waals surface area contributed by atoms with E-state index in [9.17, 15) is 4.39 Å². The van der Waals surface area contributed by atoms with Crippen LogP contribution in [0, 0.1) is 11.7 Å². The van der Waals surface area contributed by atoms with E-state index in [1.54, 1.807) is 13.2 Å². The molecule has 1 heterocycles. The molecule has 2 fully saturated rings. The molecule has 2 aromatic carbocycles. The molecule has 2 aliphatic rings. The Balaban J connectivity index is 1.46. The van der Waals surface area contributed by atoms with Gasteiger partial charge >= 0.3 is 0 Å². The fourth-order valence-corrected chi connectivity index (χ4v) is 5.32. The van der Waals surface area contributed by atoms with Gasteiger partial charge in [-0.15, -0.1) is 0 Å². The first-order valence-electron chi connectivity index (χ1n) is 11.4. The number of hydrogen-bond donors (Lipinski definition) is 1. The van der Waals surface area contributed by atoms with Crippen molar-refractivity contribution in [3.05, 3.63) is 65.0 Å². The summed E-state index contributed by atoms with van der Waals surface area (Å²) in [5.74, 6) is 1.21. The zero-order valence-corrected chi connectivity index (χ0v) is 18.4. The van der Waals surface area contributed by atoms with Gasteiger partial charge in [0.2, 0.25) is 0 Å². The molecule has 1 aliphatic heterocycles. The lowest BCUT2D eigenvalue weighted by molar-refractivity contribution is 0.219. The SMILES string of the molecule is COc1cc(F)ccc1C1(NCc2cccc(CC3CCN(C)CC3)c2)CCCC1. The summed E-state index contributed by atoms with van der Waals surface area (Å²) in [7, 11) is 3.85. The van der Waals surface area contributed by atoms with Gasteiger partial charge in [0.25, 0.3) is 0 Å². The van der Waals surface area contributed by atoms with Crippen LogP contribution in [0.4, 0.5) is 4.39 Å². The maximum atomic E-state index is 13.8. The zero-order chi connectivity index (χ0) is 21.0. The fourth-order valence-electron chi connectivity index (χ4n) is 5.32. The van der Waals surface area contributed by atoms with Crippen molar-refractivity contribution in [1.29, 1.82) is 0 Å². The van der Waals surface area contributed by atoms with Gasteiger partial charge in [-0.3, -0.25) is 0 Å². The molecular weight excluding hydrogens is 375 g/mol. The van der Waals surface area contributed by atoms with Crippen LogP contribution < -0.4 is 10.1 Å². The number of methoxy groups -OCH3 is 1. The van der Waals surface area contributed by atoms with Crippen molar-refractivity contribution < 1.29 is 9.13 Å². The van der Waals surface area contributed by atoms with Crippen LogP contribution in [0.2, 0.25) is 0 Å². The van der Waals surface area contributed by atoms with E-state index < -0.39 is 0 Å². The second-order valence-corrected chi connectivity index (χ2v) is 9.26. The Morgan fingerprint density at radius 1 is 1.07 bits per heavy atom. The first-order chi connectivity index (χ1) is 14.6. The van der Waals surface area contributed by atoms with Crippen LogP contribution in [-0.4, -0.2) is 32.1 Å². The fraction of sp³-hybridized carbons (Fsp3) is 0.538. The lowest BCUT2D eigenvalue weighted by Gasteiger charge is -2.33. The summed E-state index contributed by atoms with van der Waals surface area (Å²) >= 11 is 0. The first kappa shape index (κ1) is 21.3. The van der Waals surface area contributed by atoms with Crippen molar-refractivity contribution >= 4 is 0 Å². The van der Waals surface area contributed by atoms with Crippen molar-refractivity contribution in [3.8, 4) is 5.75 Å². The summed E-state index contributed by atoms with van der Waals surface area (Å²) in [6.45, 7) is 3.25. The smallest absolute Gasteiger partial charge is 0.126 e. The molecular formula is C26H35FN2O. The minimum atomic E-state index is -0.245. The average molecular weight is 411 g/mol. The Bertz CT molecular complexity index is 839. The van der Waals surface area contributed by atoms with Gasteiger partial charge in [-0.2, -0.15) is 0 Å². The Kier molecular flexibility index (Phi) is 6.74. The molecule has 2 aromatic rings. The Morgan fingerprint density at radius 2 is 1.80 bits per heavy atom. The van der Waals surface area contributed by atoms with Crippen LogP contribution in [0.1, 0.15) is 55.2 Å². The summed E-state index contributed by atoms with van der Waals surface area (Å²) in [6.07, 6.45) is 8.26. The van der Waals surface area contributed by atoms with E-state index in [0.717, 1.165) is 30.9 Å². The summed E-state index contributed by atoms with van der Waals surface area (Å²) in [6, 6.07) is 14.0. The lowest BCUT2D eigenvalue weighted by atomic mass is 9.86. The number of rotatable bonds is 7. The largest absolute Gasteiger partial charge is 0.496 e. The van der Waals surface area contributed by atoms with E-state index >= 15 is 0 Å². The highest BCUT2D eigenvalue weighted by atomic mass is 19.1. The number of likely N-dealkylation sites (tertiary alicyclic amines) is 1. The maximum absolute atomic E-state index is 13.8. The van der Waals surface area contributed by atoms with Gasteiger partial charge in [-0.1, -0.05) is 43.2 Å². The Labute approximate surface area is 180 Å². The van der Waals surface area contributed by atoms with E-state index in [-0.39, 0.29) is 11.4 Å². The molecule has 1 N–H and O–H groups in total. The molecule has 30 heavy (non-hydrogen) atoms. The molecule has 0 bridgehead atoms. The molecule has 0 unspecified atom stereocenters. The van der Waals surface area contributed by atoms with Gasteiger partial charge in [0, 0.05) is 23.7 Å². The van der Waals surface area contributed by atoms with E-state index in [4.69, 9.17) is 4.74 Å². The molecule has 162 valence electrons. The normalized spacial score (nSPS) is 19.8. The van der Waals surface area contributed by atoms with Gasteiger partial charge in [0.05, 0.1) is 7.11 Å². The number of nitrogens with one attached hydrogen (secondary N) is 1. The predicted molar refractivity (Wildman–Crippen MR) is 120 cm³/mol. The van der Waals surface area contributed by atoms with Crippen LogP contribution in [0.3, 0.4) is 0 Å². The predicted octanol–water partition coefficient (Wildman–Crippen LogP) is 5.28. The molecule has 0 atom stereocenters. The minimum Gasteiger partial charge on any atom is -0.496 e. The molecule has 1 aliphatic carbocycles. The number of benzene rings is 2. The highest BCUT2D eigenvalue weighted by molar-refractivity contribution is 5.40. The van der Waals surface area contributed by atoms with E-state index in [1.165, 1.54) is 62.4 Å². The van der Waals surface area contributed by atoms with E-state index in [1.807, 2.05) is 6.07 Å². The van der Waals surface area contributed by atoms with Crippen molar-refractivity contribution in [2.75, 3.05) is 27.2 Å². The third-order valence-corrected chi connectivity index (χ3v) is 7.12. The third-order valence-electron chi connectivity index (χ3n) is 7.12. The molecule has 1 saturated heterocycles. The standard InChI is InChI=1S/C26H35FN2O/c1-29-14-10-20(11-15-29)16-21-6-5-7-22(17-21)19-28-26(12-3-4-13-26)24-9-8-23(27)18-25(24)30-2/h5-9,17-18,20,28H,3-4,10-16,19H2,1-2H3. The highest BCUT2D eigenvalue weighted by Crippen LogP contribution is 2.43. The van der Waals surface area contributed by atoms with Gasteiger partial charge in [-0.05, 0) is 75.4 Å². The quantitative estimate of drug-likeness (QED) is 0.672. The maximum Gasteiger partial charge on any atom is 0.126 e. The van der Waals surface area contributed by atoms with Crippen molar-refractivity contribution in [2.24, 2.45) is 5.92 Å². The molecule has 4 rings (SSSR count). The molecule has 3 nitrogen and oxygen atoms in total. The van der Waals surface area contributed by atoms with Crippen molar-refractivity contribution in [3.63, 3.8) is 0 Å². The van der Waals surface area contributed by atoms with E-state index in [2.05, 4.69) is 41.5 Å². The Hall–Kier alpha value is -1.91. The average Bonchev–Trinajstić information content (AvgIpc) is 3.24. The molecule has 4 heteroatoms. The third kappa shape index (κ3) is 4.87. The second kappa shape index (κ2) is 9.49. The van der Waals surface area contributed by atoms with Gasteiger partial charge < -0.3 is 15.0 Å². The summed E-state index contributed by atoms with van der Waals surface area (Å²) in [5, 5.41) is 3.85. The Morgan fingerprint density at radius 3 is 2.53 bits per heavy atom. The van der Waals surface area contributed by atoms with Gasteiger partial charge in [-0.25, -0.2) is 4.39 Å². The monoisotopic (exact) mass is 410 g/mol. The van der Waals surface area contributed by atoms with Crippen LogP contribution in [-0.2, 0) is 18.5 Å². The van der Waals surface area contributed by atoms with Crippen molar-refractivity contribution in [2.45, 2.75) is 57.0 Å². The molecule has 0 spiro atoms. The number of halogens is 1. The lowest BCUT2D eigenvalue weighted by Crippen LogP contribution is -2.39.